The van der Waals surface area contributed by atoms with Crippen LogP contribution >= 0.6 is 23.1 Å². The van der Waals surface area contributed by atoms with Crippen molar-refractivity contribution < 1.29 is 19.3 Å². The highest BCUT2D eigenvalue weighted by Crippen LogP contribution is 2.37. The lowest BCUT2D eigenvalue weighted by molar-refractivity contribution is -0.385. The number of nitro groups is 1. The number of nitrogens with zero attached hydrogens (tertiary/aromatic N) is 3. The van der Waals surface area contributed by atoms with Crippen molar-refractivity contribution in [2.24, 2.45) is 0 Å². The Labute approximate surface area is 213 Å². The van der Waals surface area contributed by atoms with Crippen LogP contribution in [-0.2, 0) is 4.79 Å². The van der Waals surface area contributed by atoms with Crippen LogP contribution in [-0.4, -0.2) is 33.4 Å². The molecule has 4 aromatic rings. The third-order valence-corrected chi connectivity index (χ3v) is 7.93. The van der Waals surface area contributed by atoms with Gasteiger partial charge in [0.25, 0.3) is 17.5 Å². The predicted octanol–water partition coefficient (Wildman–Crippen LogP) is 5.35. The minimum Gasteiger partial charge on any atom is -0.325 e. The molecule has 3 aromatic carbocycles. The van der Waals surface area contributed by atoms with E-state index in [9.17, 15) is 24.5 Å². The average Bonchev–Trinajstić information content (AvgIpc) is 3.37. The number of aromatic nitrogens is 1. The van der Waals surface area contributed by atoms with E-state index in [0.29, 0.717) is 15.5 Å². The highest BCUT2D eigenvalue weighted by Gasteiger charge is 2.41. The van der Waals surface area contributed by atoms with Crippen molar-refractivity contribution in [1.29, 1.82) is 0 Å². The number of imide groups is 1. The number of para-hydroxylation sites is 1. The van der Waals surface area contributed by atoms with Gasteiger partial charge in [-0.15, -0.1) is 11.3 Å². The van der Waals surface area contributed by atoms with E-state index in [4.69, 9.17) is 0 Å². The molecule has 3 amide bonds. The fourth-order valence-corrected chi connectivity index (χ4v) is 5.96. The molecule has 1 aliphatic heterocycles. The first-order valence-corrected chi connectivity index (χ1v) is 12.6. The molecule has 0 saturated carbocycles. The third-order valence-electron chi connectivity index (χ3n) is 5.77. The smallest absolute Gasteiger partial charge is 0.283 e. The second-order valence-corrected chi connectivity index (χ2v) is 10.4. The number of thioether (sulfide) groups is 1. The van der Waals surface area contributed by atoms with E-state index in [1.807, 2.05) is 32.0 Å². The molecule has 5 rings (SSSR count). The SMILES string of the molecule is Cc1cccc(C)c1NC(=O)CSc1nc2ccc(N3C(=O)c4cccc([N+](=O)[O-])c4C3=O)cc2s1. The molecule has 0 unspecified atom stereocenters. The summed E-state index contributed by atoms with van der Waals surface area (Å²) in [5.74, 6) is -1.32. The van der Waals surface area contributed by atoms with E-state index >= 15 is 0 Å². The molecule has 0 aliphatic carbocycles. The van der Waals surface area contributed by atoms with Crippen molar-refractivity contribution in [2.45, 2.75) is 18.2 Å². The van der Waals surface area contributed by atoms with Gasteiger partial charge in [0.2, 0.25) is 5.91 Å². The fraction of sp³-hybridized carbons (Fsp3) is 0.120. The Hall–Kier alpha value is -4.09. The van der Waals surface area contributed by atoms with Crippen molar-refractivity contribution >= 4 is 68.1 Å². The molecule has 9 nitrogen and oxygen atoms in total. The van der Waals surface area contributed by atoms with E-state index < -0.39 is 22.4 Å². The number of aryl methyl sites for hydroxylation is 2. The van der Waals surface area contributed by atoms with Crippen LogP contribution in [0, 0.1) is 24.0 Å². The Morgan fingerprint density at radius 1 is 1.08 bits per heavy atom. The Morgan fingerprint density at radius 3 is 2.53 bits per heavy atom. The lowest BCUT2D eigenvalue weighted by atomic mass is 10.1. The topological polar surface area (TPSA) is 123 Å². The predicted molar refractivity (Wildman–Crippen MR) is 139 cm³/mol. The van der Waals surface area contributed by atoms with Crippen molar-refractivity contribution in [3.63, 3.8) is 0 Å². The lowest BCUT2D eigenvalue weighted by Crippen LogP contribution is -2.29. The van der Waals surface area contributed by atoms with Crippen LogP contribution in [0.5, 0.6) is 0 Å². The largest absolute Gasteiger partial charge is 0.325 e. The number of amides is 3. The molecular weight excluding hydrogens is 500 g/mol. The first-order chi connectivity index (χ1) is 17.2. The molecule has 0 spiro atoms. The maximum absolute atomic E-state index is 13.0. The van der Waals surface area contributed by atoms with Crippen LogP contribution < -0.4 is 10.2 Å². The zero-order valence-electron chi connectivity index (χ0n) is 19.1. The molecule has 2 heterocycles. The number of rotatable bonds is 6. The van der Waals surface area contributed by atoms with Crippen LogP contribution in [0.15, 0.2) is 58.9 Å². The first kappa shape index (κ1) is 23.6. The van der Waals surface area contributed by atoms with Gasteiger partial charge in [0.1, 0.15) is 5.56 Å². The maximum atomic E-state index is 13.0. The second kappa shape index (κ2) is 9.17. The maximum Gasteiger partial charge on any atom is 0.283 e. The second-order valence-electron chi connectivity index (χ2n) is 8.14. The Bertz CT molecular complexity index is 1580. The zero-order valence-corrected chi connectivity index (χ0v) is 20.7. The molecule has 0 radical (unpaired) electrons. The van der Waals surface area contributed by atoms with Gasteiger partial charge in [-0.1, -0.05) is 36.0 Å². The lowest BCUT2D eigenvalue weighted by Gasteiger charge is -2.13. The monoisotopic (exact) mass is 518 g/mol. The van der Waals surface area contributed by atoms with Crippen molar-refractivity contribution in [3.8, 4) is 0 Å². The Balaban J connectivity index is 1.34. The standard InChI is InChI=1S/C25H18N4O5S2/c1-13-5-3-6-14(2)22(13)27-20(30)12-35-25-26-17-10-9-15(11-19(17)36-25)28-23(31)16-7-4-8-18(29(33)34)21(16)24(28)32/h3-11H,12H2,1-2H3,(H,27,30). The van der Waals surface area contributed by atoms with Gasteiger partial charge < -0.3 is 5.32 Å². The quantitative estimate of drug-likeness (QED) is 0.158. The van der Waals surface area contributed by atoms with E-state index in [-0.39, 0.29) is 22.8 Å². The zero-order chi connectivity index (χ0) is 25.6. The molecule has 1 aliphatic rings. The van der Waals surface area contributed by atoms with E-state index in [2.05, 4.69) is 10.3 Å². The summed E-state index contributed by atoms with van der Waals surface area (Å²) in [7, 11) is 0. The van der Waals surface area contributed by atoms with Gasteiger partial charge in [-0.2, -0.15) is 0 Å². The minimum atomic E-state index is -0.732. The Morgan fingerprint density at radius 2 is 1.81 bits per heavy atom. The summed E-state index contributed by atoms with van der Waals surface area (Å²) in [6.45, 7) is 3.88. The van der Waals surface area contributed by atoms with Crippen LogP contribution in [0.3, 0.4) is 0 Å². The van der Waals surface area contributed by atoms with Gasteiger partial charge in [0.05, 0.1) is 32.1 Å². The highest BCUT2D eigenvalue weighted by molar-refractivity contribution is 8.01. The van der Waals surface area contributed by atoms with Gasteiger partial charge in [-0.3, -0.25) is 24.5 Å². The number of hydrogen-bond donors (Lipinski definition) is 1. The molecule has 0 bridgehead atoms. The molecule has 1 N–H and O–H groups in total. The fourth-order valence-electron chi connectivity index (χ4n) is 4.06. The highest BCUT2D eigenvalue weighted by atomic mass is 32.2. The van der Waals surface area contributed by atoms with Crippen molar-refractivity contribution in [2.75, 3.05) is 16.0 Å². The number of hydrogen-bond acceptors (Lipinski definition) is 8. The van der Waals surface area contributed by atoms with Gasteiger partial charge in [-0.25, -0.2) is 9.88 Å². The number of anilines is 2. The number of carbonyl (C=O) groups excluding carboxylic acids is 3. The Kier molecular flexibility index (Phi) is 6.02. The molecule has 36 heavy (non-hydrogen) atoms. The van der Waals surface area contributed by atoms with Crippen molar-refractivity contribution in [1.82, 2.24) is 4.98 Å². The van der Waals surface area contributed by atoms with Gasteiger partial charge in [0.15, 0.2) is 4.34 Å². The molecule has 0 atom stereocenters. The normalized spacial score (nSPS) is 12.8. The third kappa shape index (κ3) is 4.12. The number of benzene rings is 3. The summed E-state index contributed by atoms with van der Waals surface area (Å²) < 4.78 is 1.38. The summed E-state index contributed by atoms with van der Waals surface area (Å²) in [4.78, 5) is 54.6. The molecular formula is C25H18N4O5S2. The van der Waals surface area contributed by atoms with Crippen molar-refractivity contribution in [3.05, 3.63) is 87.0 Å². The van der Waals surface area contributed by atoms with Crippen LogP contribution in [0.4, 0.5) is 17.1 Å². The molecule has 0 fully saturated rings. The van der Waals surface area contributed by atoms with Gasteiger partial charge in [-0.05, 0) is 49.2 Å². The summed E-state index contributed by atoms with van der Waals surface area (Å²) in [6, 6.07) is 14.7. The van der Waals surface area contributed by atoms with E-state index in [1.54, 1.807) is 18.2 Å². The number of thiazole rings is 1. The number of fused-ring (bicyclic) bond motifs is 2. The van der Waals surface area contributed by atoms with Crippen LogP contribution in [0.2, 0.25) is 0 Å². The summed E-state index contributed by atoms with van der Waals surface area (Å²) in [6.07, 6.45) is 0. The molecule has 0 saturated heterocycles. The molecule has 180 valence electrons. The van der Waals surface area contributed by atoms with E-state index in [0.717, 1.165) is 26.4 Å². The molecule has 11 heteroatoms. The van der Waals surface area contributed by atoms with Gasteiger partial charge in [0, 0.05) is 11.8 Å². The minimum absolute atomic E-state index is 0.00440. The molecule has 1 aromatic heterocycles. The van der Waals surface area contributed by atoms with Gasteiger partial charge >= 0.3 is 0 Å². The summed E-state index contributed by atoms with van der Waals surface area (Å²) in [5, 5.41) is 14.3. The van der Waals surface area contributed by atoms with Crippen LogP contribution in [0.25, 0.3) is 10.2 Å². The number of nitro benzene ring substituents is 1. The first-order valence-electron chi connectivity index (χ1n) is 10.8. The number of nitrogens with one attached hydrogen (secondary N) is 1. The number of carbonyl (C=O) groups is 3. The summed E-state index contributed by atoms with van der Waals surface area (Å²) >= 11 is 2.63. The van der Waals surface area contributed by atoms with E-state index in [1.165, 1.54) is 41.3 Å². The average molecular weight is 519 g/mol. The van der Waals surface area contributed by atoms with Crippen LogP contribution in [0.1, 0.15) is 31.8 Å². The summed E-state index contributed by atoms with van der Waals surface area (Å²) in [5.41, 5.74) is 3.13.